The van der Waals surface area contributed by atoms with Gasteiger partial charge in [-0.25, -0.2) is 0 Å². The van der Waals surface area contributed by atoms with Gasteiger partial charge >= 0.3 is 5.97 Å². The summed E-state index contributed by atoms with van der Waals surface area (Å²) in [6, 6.07) is 5.89. The van der Waals surface area contributed by atoms with Gasteiger partial charge in [-0.1, -0.05) is 18.6 Å². The first kappa shape index (κ1) is 15.0. The van der Waals surface area contributed by atoms with E-state index in [-0.39, 0.29) is 18.1 Å². The molecule has 1 saturated carbocycles. The second kappa shape index (κ2) is 6.34. The number of nitrogens with zero attached hydrogens (tertiary/aromatic N) is 1. The van der Waals surface area contributed by atoms with E-state index in [2.05, 4.69) is 5.32 Å². The molecule has 2 N–H and O–H groups in total. The van der Waals surface area contributed by atoms with Crippen molar-refractivity contribution < 1.29 is 19.6 Å². The van der Waals surface area contributed by atoms with E-state index >= 15 is 0 Å². The first-order valence-corrected chi connectivity index (χ1v) is 6.73. The molecule has 1 aliphatic rings. The summed E-state index contributed by atoms with van der Waals surface area (Å²) in [4.78, 5) is 33.1. The minimum atomic E-state index is -0.928. The van der Waals surface area contributed by atoms with E-state index in [1.54, 1.807) is 12.1 Å². The van der Waals surface area contributed by atoms with Crippen molar-refractivity contribution in [2.75, 3.05) is 0 Å². The number of amides is 1. The Morgan fingerprint density at radius 1 is 1.24 bits per heavy atom. The standard InChI is InChI=1S/C14H16N2O5/c17-13(11-2-1-3-12(11)14(18)19)15-8-9-4-6-10(7-5-9)16(20)21/h4-7,11-12H,1-3,8H2,(H,15,17)(H,18,19)/t11-,12+/m1/s1. The van der Waals surface area contributed by atoms with E-state index in [1.165, 1.54) is 12.1 Å². The van der Waals surface area contributed by atoms with Crippen LogP contribution < -0.4 is 5.32 Å². The van der Waals surface area contributed by atoms with Crippen LogP contribution in [0.25, 0.3) is 0 Å². The van der Waals surface area contributed by atoms with Crippen molar-refractivity contribution in [2.24, 2.45) is 11.8 Å². The van der Waals surface area contributed by atoms with Crippen LogP contribution in [0.3, 0.4) is 0 Å². The molecular formula is C14H16N2O5. The number of benzene rings is 1. The molecule has 0 heterocycles. The minimum Gasteiger partial charge on any atom is -0.481 e. The summed E-state index contributed by atoms with van der Waals surface area (Å²) in [6.45, 7) is 0.236. The van der Waals surface area contributed by atoms with Crippen molar-refractivity contribution in [3.05, 3.63) is 39.9 Å². The monoisotopic (exact) mass is 292 g/mol. The summed E-state index contributed by atoms with van der Waals surface area (Å²) in [5, 5.41) is 22.3. The smallest absolute Gasteiger partial charge is 0.307 e. The highest BCUT2D eigenvalue weighted by Crippen LogP contribution is 2.32. The molecule has 21 heavy (non-hydrogen) atoms. The van der Waals surface area contributed by atoms with Gasteiger partial charge < -0.3 is 10.4 Å². The fourth-order valence-corrected chi connectivity index (χ4v) is 2.63. The molecule has 0 aromatic heterocycles. The van der Waals surface area contributed by atoms with Crippen LogP contribution in [0.2, 0.25) is 0 Å². The number of non-ortho nitro benzene ring substituents is 1. The molecule has 1 fully saturated rings. The Bertz CT molecular complexity index is 555. The average Bonchev–Trinajstić information content (AvgIpc) is 2.95. The predicted molar refractivity (Wildman–Crippen MR) is 73.4 cm³/mol. The lowest BCUT2D eigenvalue weighted by Gasteiger charge is -2.15. The first-order valence-electron chi connectivity index (χ1n) is 6.73. The lowest BCUT2D eigenvalue weighted by molar-refractivity contribution is -0.384. The average molecular weight is 292 g/mol. The molecule has 1 aromatic carbocycles. The van der Waals surface area contributed by atoms with E-state index < -0.39 is 22.7 Å². The number of aliphatic carboxylic acids is 1. The zero-order valence-corrected chi connectivity index (χ0v) is 11.3. The third-order valence-corrected chi connectivity index (χ3v) is 3.78. The van der Waals surface area contributed by atoms with Gasteiger partial charge in [0.15, 0.2) is 0 Å². The number of nitro benzene ring substituents is 1. The van der Waals surface area contributed by atoms with Crippen molar-refractivity contribution in [3.8, 4) is 0 Å². The molecule has 0 aliphatic heterocycles. The van der Waals surface area contributed by atoms with E-state index in [0.717, 1.165) is 12.0 Å². The molecule has 0 saturated heterocycles. The molecule has 0 spiro atoms. The molecule has 2 atom stereocenters. The Hall–Kier alpha value is -2.44. The number of carbonyl (C=O) groups is 2. The fraction of sp³-hybridized carbons (Fsp3) is 0.429. The van der Waals surface area contributed by atoms with Gasteiger partial charge in [0.05, 0.1) is 16.8 Å². The minimum absolute atomic E-state index is 0.00758. The molecule has 7 nitrogen and oxygen atoms in total. The Balaban J connectivity index is 1.91. The van der Waals surface area contributed by atoms with Gasteiger partial charge in [0.1, 0.15) is 0 Å². The lowest BCUT2D eigenvalue weighted by atomic mass is 9.95. The van der Waals surface area contributed by atoms with E-state index in [1.807, 2.05) is 0 Å². The molecule has 0 radical (unpaired) electrons. The van der Waals surface area contributed by atoms with Gasteiger partial charge in [0, 0.05) is 18.7 Å². The van der Waals surface area contributed by atoms with Gasteiger partial charge in [-0.3, -0.25) is 19.7 Å². The number of carboxylic acid groups (broad SMARTS) is 1. The number of rotatable bonds is 5. The SMILES string of the molecule is O=C(O)[C@H]1CCC[C@H]1C(=O)NCc1ccc([N+](=O)[O-])cc1. The Labute approximate surface area is 121 Å². The van der Waals surface area contributed by atoms with Crippen LogP contribution in [0.15, 0.2) is 24.3 Å². The summed E-state index contributed by atoms with van der Waals surface area (Å²) >= 11 is 0. The van der Waals surface area contributed by atoms with Crippen molar-refractivity contribution in [1.82, 2.24) is 5.32 Å². The Morgan fingerprint density at radius 3 is 2.43 bits per heavy atom. The van der Waals surface area contributed by atoms with E-state index in [0.29, 0.717) is 12.8 Å². The third-order valence-electron chi connectivity index (χ3n) is 3.78. The fourth-order valence-electron chi connectivity index (χ4n) is 2.63. The summed E-state index contributed by atoms with van der Waals surface area (Å²) in [5.74, 6) is -2.29. The Morgan fingerprint density at radius 2 is 1.86 bits per heavy atom. The normalized spacial score (nSPS) is 21.0. The van der Waals surface area contributed by atoms with Crippen molar-refractivity contribution in [2.45, 2.75) is 25.8 Å². The number of carbonyl (C=O) groups excluding carboxylic acids is 1. The topological polar surface area (TPSA) is 110 Å². The molecule has 1 amide bonds. The van der Waals surface area contributed by atoms with Crippen LogP contribution in [0.1, 0.15) is 24.8 Å². The number of nitro groups is 1. The van der Waals surface area contributed by atoms with Gasteiger partial charge in [-0.2, -0.15) is 0 Å². The van der Waals surface area contributed by atoms with Crippen LogP contribution in [-0.4, -0.2) is 21.9 Å². The van der Waals surface area contributed by atoms with Gasteiger partial charge in [0.25, 0.3) is 5.69 Å². The maximum Gasteiger partial charge on any atom is 0.307 e. The highest BCUT2D eigenvalue weighted by Gasteiger charge is 2.37. The van der Waals surface area contributed by atoms with Crippen LogP contribution >= 0.6 is 0 Å². The van der Waals surface area contributed by atoms with Crippen LogP contribution in [-0.2, 0) is 16.1 Å². The van der Waals surface area contributed by atoms with Gasteiger partial charge in [-0.15, -0.1) is 0 Å². The maximum absolute atomic E-state index is 12.0. The molecule has 2 rings (SSSR count). The zero-order valence-electron chi connectivity index (χ0n) is 11.3. The van der Waals surface area contributed by atoms with Crippen LogP contribution in [0.4, 0.5) is 5.69 Å². The highest BCUT2D eigenvalue weighted by atomic mass is 16.6. The molecular weight excluding hydrogens is 276 g/mol. The zero-order chi connectivity index (χ0) is 15.4. The highest BCUT2D eigenvalue weighted by molar-refractivity contribution is 5.85. The summed E-state index contributed by atoms with van der Waals surface area (Å²) in [7, 11) is 0. The second-order valence-corrected chi connectivity index (χ2v) is 5.12. The summed E-state index contributed by atoms with van der Waals surface area (Å²) < 4.78 is 0. The maximum atomic E-state index is 12.0. The predicted octanol–water partition coefficient (Wildman–Crippen LogP) is 1.71. The van der Waals surface area contributed by atoms with Crippen LogP contribution in [0.5, 0.6) is 0 Å². The lowest BCUT2D eigenvalue weighted by Crippen LogP contribution is -2.34. The van der Waals surface area contributed by atoms with Crippen molar-refractivity contribution >= 4 is 17.6 Å². The first-order chi connectivity index (χ1) is 9.99. The molecule has 112 valence electrons. The third kappa shape index (κ3) is 3.56. The largest absolute Gasteiger partial charge is 0.481 e. The van der Waals surface area contributed by atoms with Crippen molar-refractivity contribution in [3.63, 3.8) is 0 Å². The summed E-state index contributed by atoms with van der Waals surface area (Å²) in [5.41, 5.74) is 0.727. The number of carboxylic acids is 1. The number of hydrogen-bond acceptors (Lipinski definition) is 4. The van der Waals surface area contributed by atoms with E-state index in [4.69, 9.17) is 5.11 Å². The van der Waals surface area contributed by atoms with Gasteiger partial charge in [-0.05, 0) is 18.4 Å². The van der Waals surface area contributed by atoms with E-state index in [9.17, 15) is 19.7 Å². The second-order valence-electron chi connectivity index (χ2n) is 5.12. The van der Waals surface area contributed by atoms with Crippen LogP contribution in [0, 0.1) is 22.0 Å². The quantitative estimate of drug-likeness (QED) is 0.634. The molecule has 1 aliphatic carbocycles. The molecule has 0 unspecified atom stereocenters. The Kier molecular flexibility index (Phi) is 4.52. The number of hydrogen-bond donors (Lipinski definition) is 2. The molecule has 0 bridgehead atoms. The summed E-state index contributed by atoms with van der Waals surface area (Å²) in [6.07, 6.45) is 1.86. The molecule has 7 heteroatoms. The number of nitrogens with one attached hydrogen (secondary N) is 1. The van der Waals surface area contributed by atoms with Crippen molar-refractivity contribution in [1.29, 1.82) is 0 Å². The molecule has 1 aromatic rings. The van der Waals surface area contributed by atoms with Gasteiger partial charge in [0.2, 0.25) is 5.91 Å².